The summed E-state index contributed by atoms with van der Waals surface area (Å²) in [5.41, 5.74) is 3.84. The highest BCUT2D eigenvalue weighted by molar-refractivity contribution is 6.09. The summed E-state index contributed by atoms with van der Waals surface area (Å²) in [6.07, 6.45) is 4.79. The van der Waals surface area contributed by atoms with E-state index in [1.807, 2.05) is 6.07 Å². The minimum atomic E-state index is -0.329. The van der Waals surface area contributed by atoms with E-state index >= 15 is 0 Å². The molecule has 3 N–H and O–H groups in total. The van der Waals surface area contributed by atoms with Crippen LogP contribution in [0.4, 0.5) is 16.0 Å². The number of nitrogens with one attached hydrogen (secondary N) is 3. The number of carbonyl (C=O) groups is 1. The fourth-order valence-corrected chi connectivity index (χ4v) is 3.72. The van der Waals surface area contributed by atoms with Crippen LogP contribution in [0.3, 0.4) is 0 Å². The molecule has 0 aliphatic carbocycles. The third kappa shape index (κ3) is 4.02. The molecule has 0 radical (unpaired) electrons. The van der Waals surface area contributed by atoms with Crippen LogP contribution < -0.4 is 10.6 Å². The minimum absolute atomic E-state index is 0.162. The Bertz CT molecular complexity index is 1290. The summed E-state index contributed by atoms with van der Waals surface area (Å²) in [5.74, 6) is -0.122. The molecule has 0 saturated heterocycles. The highest BCUT2D eigenvalue weighted by atomic mass is 19.1. The van der Waals surface area contributed by atoms with Gasteiger partial charge in [0.25, 0.3) is 5.91 Å². The van der Waals surface area contributed by atoms with Crippen molar-refractivity contribution in [3.05, 3.63) is 65.7 Å². The number of nitrogens with zero attached hydrogens (tertiary/aromatic N) is 3. The third-order valence-corrected chi connectivity index (χ3v) is 5.35. The smallest absolute Gasteiger partial charge is 0.252 e. The molecule has 1 aliphatic rings. The number of aromatic amines is 1. The zero-order valence-corrected chi connectivity index (χ0v) is 17.2. The Balaban J connectivity index is 1.57. The van der Waals surface area contributed by atoms with E-state index in [2.05, 4.69) is 30.8 Å². The molecule has 4 aromatic rings. The Morgan fingerprint density at radius 1 is 1.06 bits per heavy atom. The van der Waals surface area contributed by atoms with Gasteiger partial charge in [-0.3, -0.25) is 9.89 Å². The lowest BCUT2D eigenvalue weighted by atomic mass is 10.0. The largest absolute Gasteiger partial charge is 0.377 e. The molecular weight excluding hydrogens is 411 g/mol. The molecule has 1 amide bonds. The molecular formula is C23H21FN6O2. The fourth-order valence-electron chi connectivity index (χ4n) is 3.72. The number of hydrogen-bond donors (Lipinski definition) is 3. The predicted molar refractivity (Wildman–Crippen MR) is 118 cm³/mol. The minimum Gasteiger partial charge on any atom is -0.377 e. The van der Waals surface area contributed by atoms with Crippen LogP contribution >= 0.6 is 0 Å². The van der Waals surface area contributed by atoms with Crippen molar-refractivity contribution in [1.82, 2.24) is 25.5 Å². The monoisotopic (exact) mass is 432 g/mol. The number of amides is 1. The summed E-state index contributed by atoms with van der Waals surface area (Å²) in [6.45, 7) is 1.15. The summed E-state index contributed by atoms with van der Waals surface area (Å²) in [5, 5.41) is 13.9. The number of H-pyrrole nitrogens is 1. The lowest BCUT2D eigenvalue weighted by Gasteiger charge is -2.10. The predicted octanol–water partition coefficient (Wildman–Crippen LogP) is 3.94. The molecule has 0 fully saturated rings. The van der Waals surface area contributed by atoms with Gasteiger partial charge in [0.05, 0.1) is 29.6 Å². The number of halogens is 1. The van der Waals surface area contributed by atoms with E-state index in [0.29, 0.717) is 41.6 Å². The Morgan fingerprint density at radius 3 is 2.91 bits per heavy atom. The third-order valence-electron chi connectivity index (χ3n) is 5.35. The van der Waals surface area contributed by atoms with E-state index in [9.17, 15) is 9.18 Å². The van der Waals surface area contributed by atoms with Gasteiger partial charge in [0, 0.05) is 41.5 Å². The molecule has 5 rings (SSSR count). The van der Waals surface area contributed by atoms with E-state index in [4.69, 9.17) is 4.74 Å². The van der Waals surface area contributed by atoms with Gasteiger partial charge in [0.1, 0.15) is 5.82 Å². The van der Waals surface area contributed by atoms with Gasteiger partial charge >= 0.3 is 0 Å². The number of anilines is 2. The normalized spacial score (nSPS) is 14.8. The van der Waals surface area contributed by atoms with Gasteiger partial charge < -0.3 is 15.4 Å². The van der Waals surface area contributed by atoms with E-state index in [1.54, 1.807) is 36.7 Å². The van der Waals surface area contributed by atoms with Gasteiger partial charge in [-0.25, -0.2) is 14.4 Å². The second-order valence-electron chi connectivity index (χ2n) is 7.53. The number of aromatic nitrogens is 4. The average molecular weight is 432 g/mol. The summed E-state index contributed by atoms with van der Waals surface area (Å²) < 4.78 is 19.8. The van der Waals surface area contributed by atoms with E-state index < -0.39 is 0 Å². The van der Waals surface area contributed by atoms with E-state index in [0.717, 1.165) is 29.3 Å². The molecule has 1 aliphatic heterocycles. The molecule has 0 spiro atoms. The zero-order chi connectivity index (χ0) is 21.9. The van der Waals surface area contributed by atoms with Crippen molar-refractivity contribution in [2.24, 2.45) is 0 Å². The van der Waals surface area contributed by atoms with Crippen molar-refractivity contribution < 1.29 is 13.9 Å². The molecule has 6 bridgehead atoms. The van der Waals surface area contributed by atoms with Crippen molar-refractivity contribution in [2.75, 3.05) is 18.5 Å². The van der Waals surface area contributed by atoms with Crippen LogP contribution in [0.2, 0.25) is 0 Å². The van der Waals surface area contributed by atoms with Crippen LogP contribution in [0, 0.1) is 5.82 Å². The zero-order valence-electron chi connectivity index (χ0n) is 17.2. The van der Waals surface area contributed by atoms with Crippen LogP contribution in [0.5, 0.6) is 0 Å². The van der Waals surface area contributed by atoms with Crippen LogP contribution in [0.25, 0.3) is 22.2 Å². The van der Waals surface area contributed by atoms with Crippen molar-refractivity contribution in [1.29, 1.82) is 0 Å². The summed E-state index contributed by atoms with van der Waals surface area (Å²) in [7, 11) is 0. The first-order chi connectivity index (χ1) is 15.7. The van der Waals surface area contributed by atoms with E-state index in [1.165, 1.54) is 6.07 Å². The van der Waals surface area contributed by atoms with Crippen LogP contribution in [0.1, 0.15) is 28.8 Å². The molecule has 0 saturated carbocycles. The Labute approximate surface area is 183 Å². The number of ether oxygens (including phenoxy) is 1. The number of benzene rings is 2. The number of carbonyl (C=O) groups excluding carboxylic acids is 1. The van der Waals surface area contributed by atoms with Crippen molar-refractivity contribution >= 4 is 28.4 Å². The van der Waals surface area contributed by atoms with Crippen LogP contribution in [0.15, 0.2) is 48.8 Å². The van der Waals surface area contributed by atoms with Gasteiger partial charge in [-0.2, -0.15) is 5.10 Å². The van der Waals surface area contributed by atoms with Crippen molar-refractivity contribution in [3.8, 4) is 11.3 Å². The Morgan fingerprint density at radius 2 is 1.97 bits per heavy atom. The highest BCUT2D eigenvalue weighted by Crippen LogP contribution is 2.29. The number of rotatable bonds is 0. The highest BCUT2D eigenvalue weighted by Gasteiger charge is 2.16. The number of fused-ring (bicyclic) bond motifs is 11. The SMILES string of the molecule is O=C1NCCCCOCc2cc(ccc2F)Nc2nccc(n2)-c2ccc1c1cn[nH]c21. The molecule has 162 valence electrons. The van der Waals surface area contributed by atoms with Gasteiger partial charge in [0.15, 0.2) is 0 Å². The molecule has 2 aromatic heterocycles. The summed E-state index contributed by atoms with van der Waals surface area (Å²) in [6, 6.07) is 10.1. The summed E-state index contributed by atoms with van der Waals surface area (Å²) in [4.78, 5) is 21.6. The lowest BCUT2D eigenvalue weighted by Crippen LogP contribution is -2.24. The maximum absolute atomic E-state index is 14.2. The molecule has 0 unspecified atom stereocenters. The maximum Gasteiger partial charge on any atom is 0.252 e. The molecule has 3 heterocycles. The molecule has 8 nitrogen and oxygen atoms in total. The molecule has 9 heteroatoms. The van der Waals surface area contributed by atoms with Crippen molar-refractivity contribution in [3.63, 3.8) is 0 Å². The van der Waals surface area contributed by atoms with Crippen LogP contribution in [-0.2, 0) is 11.3 Å². The first-order valence-electron chi connectivity index (χ1n) is 10.4. The lowest BCUT2D eigenvalue weighted by molar-refractivity contribution is 0.0946. The Hall–Kier alpha value is -3.85. The second-order valence-corrected chi connectivity index (χ2v) is 7.53. The second kappa shape index (κ2) is 8.72. The average Bonchev–Trinajstić information content (AvgIpc) is 3.29. The molecule has 32 heavy (non-hydrogen) atoms. The quantitative estimate of drug-likeness (QED) is 0.389. The van der Waals surface area contributed by atoms with E-state index in [-0.39, 0.29) is 18.3 Å². The van der Waals surface area contributed by atoms with Gasteiger partial charge in [-0.1, -0.05) is 0 Å². The maximum atomic E-state index is 14.2. The van der Waals surface area contributed by atoms with Gasteiger partial charge in [-0.15, -0.1) is 0 Å². The first kappa shape index (κ1) is 20.1. The number of hydrogen-bond acceptors (Lipinski definition) is 6. The fraction of sp³-hybridized carbons (Fsp3) is 0.217. The van der Waals surface area contributed by atoms with Crippen molar-refractivity contribution in [2.45, 2.75) is 19.4 Å². The Kier molecular flexibility index (Phi) is 5.47. The molecule has 0 atom stereocenters. The van der Waals surface area contributed by atoms with Gasteiger partial charge in [0.2, 0.25) is 5.95 Å². The topological polar surface area (TPSA) is 105 Å². The molecule has 2 aromatic carbocycles. The summed E-state index contributed by atoms with van der Waals surface area (Å²) >= 11 is 0. The standard InChI is InChI=1S/C23H21FN6O2/c24-19-6-3-15-11-14(19)13-32-10-2-1-8-25-22(31)16-4-5-17(21-18(16)12-27-30-21)20-7-9-26-23(28-15)29-20/h3-7,9,11-12H,1-2,8,10,13H2,(H,25,31)(H,27,30)(H,26,28,29). The first-order valence-corrected chi connectivity index (χ1v) is 10.4. The van der Waals surface area contributed by atoms with Gasteiger partial charge in [-0.05, 0) is 49.2 Å². The van der Waals surface area contributed by atoms with Crippen LogP contribution in [-0.4, -0.2) is 39.2 Å².